The Balaban J connectivity index is 4.59. The summed E-state index contributed by atoms with van der Waals surface area (Å²) in [5.41, 5.74) is -1.85. The highest BCUT2D eigenvalue weighted by Gasteiger charge is 2.25. The van der Waals surface area contributed by atoms with Crippen molar-refractivity contribution in [3.63, 3.8) is 0 Å². The third-order valence-corrected chi connectivity index (χ3v) is 3.70. The first-order valence-electron chi connectivity index (χ1n) is 6.87. The van der Waals surface area contributed by atoms with Crippen LogP contribution in [-0.4, -0.2) is 48.3 Å². The molecule has 0 aliphatic rings. The number of thiol groups is 1. The average molecular weight is 371 g/mol. The Morgan fingerprint density at radius 1 is 1.38 bits per heavy atom. The molecule has 0 rings (SSSR count). The van der Waals surface area contributed by atoms with E-state index in [9.17, 15) is 14.7 Å². The molecule has 0 aromatic rings. The van der Waals surface area contributed by atoms with Gasteiger partial charge in [0, 0.05) is 13.5 Å². The molecule has 0 bridgehead atoms. The molecule has 0 saturated heterocycles. The minimum Gasteiger partial charge on any atom is -0.453 e. The first-order chi connectivity index (χ1) is 11.3. The van der Waals surface area contributed by atoms with Gasteiger partial charge in [0.15, 0.2) is 11.2 Å². The highest BCUT2D eigenvalue weighted by atomic mass is 33.1. The second-order valence-corrected chi connectivity index (χ2v) is 6.11. The van der Waals surface area contributed by atoms with Gasteiger partial charge < -0.3 is 19.9 Å². The molecule has 0 aliphatic carbocycles. The van der Waals surface area contributed by atoms with E-state index < -0.39 is 17.7 Å². The monoisotopic (exact) mass is 371 g/mol. The summed E-state index contributed by atoms with van der Waals surface area (Å²) in [5.74, 6) is 10.3. The average Bonchev–Trinajstić information content (AvgIpc) is 2.53. The number of Topliss-reactive ketones (excluding diaryl/α,β-unsaturated/α-hetero) is 1. The van der Waals surface area contributed by atoms with Crippen molar-refractivity contribution in [1.29, 1.82) is 0 Å². The SMILES string of the molecule is COC(=O)NC(C)C(=O)C[C@@](C)(O)C#C/C=C\C#CC(OC)SS. The second-order valence-electron chi connectivity index (χ2n) is 4.84. The fourth-order valence-electron chi connectivity index (χ4n) is 1.38. The summed E-state index contributed by atoms with van der Waals surface area (Å²) in [7, 11) is 3.89. The molecule has 0 aliphatic heterocycles. The molecule has 3 atom stereocenters. The molecule has 0 fully saturated rings. The first-order valence-corrected chi connectivity index (χ1v) is 8.80. The molecule has 0 spiro atoms. The van der Waals surface area contributed by atoms with E-state index in [4.69, 9.17) is 4.74 Å². The number of ketones is 1. The number of hydrogen-bond donors (Lipinski definition) is 3. The molecular formula is C16H21NO5S2. The van der Waals surface area contributed by atoms with E-state index in [0.29, 0.717) is 0 Å². The molecule has 0 radical (unpaired) electrons. The molecule has 8 heteroatoms. The Bertz CT molecular complexity index is 577. The van der Waals surface area contributed by atoms with E-state index in [1.165, 1.54) is 51.0 Å². The van der Waals surface area contributed by atoms with Crippen molar-refractivity contribution in [2.24, 2.45) is 0 Å². The van der Waals surface area contributed by atoms with Crippen LogP contribution in [0.25, 0.3) is 0 Å². The summed E-state index contributed by atoms with van der Waals surface area (Å²) in [6, 6.07) is -0.781. The van der Waals surface area contributed by atoms with Gasteiger partial charge in [-0.15, -0.1) is 11.7 Å². The number of allylic oxidation sites excluding steroid dienone is 2. The predicted octanol–water partition coefficient (Wildman–Crippen LogP) is 1.55. The minimum atomic E-state index is -1.52. The van der Waals surface area contributed by atoms with Gasteiger partial charge in [0.05, 0.1) is 13.2 Å². The van der Waals surface area contributed by atoms with Gasteiger partial charge in [0.1, 0.15) is 5.60 Å². The van der Waals surface area contributed by atoms with Crippen LogP contribution in [0.1, 0.15) is 20.3 Å². The summed E-state index contributed by atoms with van der Waals surface area (Å²) in [6.07, 6.45) is 2.02. The fraction of sp³-hybridized carbons (Fsp3) is 0.500. The summed E-state index contributed by atoms with van der Waals surface area (Å²) in [5, 5.41) is 12.4. The van der Waals surface area contributed by atoms with E-state index in [1.807, 2.05) is 0 Å². The van der Waals surface area contributed by atoms with E-state index in [1.54, 1.807) is 0 Å². The van der Waals surface area contributed by atoms with Crippen LogP contribution in [0.5, 0.6) is 0 Å². The zero-order valence-electron chi connectivity index (χ0n) is 14.0. The van der Waals surface area contributed by atoms with Crippen LogP contribution in [0.2, 0.25) is 0 Å². The second kappa shape index (κ2) is 11.9. The van der Waals surface area contributed by atoms with Gasteiger partial charge in [-0.25, -0.2) is 4.79 Å². The van der Waals surface area contributed by atoms with Gasteiger partial charge in [-0.1, -0.05) is 34.5 Å². The van der Waals surface area contributed by atoms with Crippen LogP contribution in [0.3, 0.4) is 0 Å². The maximum absolute atomic E-state index is 11.9. The Morgan fingerprint density at radius 2 is 2.00 bits per heavy atom. The molecule has 0 heterocycles. The van der Waals surface area contributed by atoms with E-state index in [-0.39, 0.29) is 17.6 Å². The van der Waals surface area contributed by atoms with Crippen LogP contribution in [0.4, 0.5) is 4.79 Å². The van der Waals surface area contributed by atoms with Crippen LogP contribution < -0.4 is 5.32 Å². The number of hydrogen-bond acceptors (Lipinski definition) is 7. The van der Waals surface area contributed by atoms with Gasteiger partial charge in [0.2, 0.25) is 0 Å². The molecule has 6 nitrogen and oxygen atoms in total. The van der Waals surface area contributed by atoms with Crippen molar-refractivity contribution < 1.29 is 24.2 Å². The van der Waals surface area contributed by atoms with Crippen LogP contribution >= 0.6 is 22.5 Å². The zero-order valence-corrected chi connectivity index (χ0v) is 15.7. The van der Waals surface area contributed by atoms with Crippen LogP contribution in [-0.2, 0) is 14.3 Å². The fourth-order valence-corrected chi connectivity index (χ4v) is 2.00. The van der Waals surface area contributed by atoms with Crippen molar-refractivity contribution in [2.45, 2.75) is 37.3 Å². The van der Waals surface area contributed by atoms with Crippen molar-refractivity contribution >= 4 is 34.3 Å². The highest BCUT2D eigenvalue weighted by molar-refractivity contribution is 8.68. The lowest BCUT2D eigenvalue weighted by atomic mass is 9.97. The Labute approximate surface area is 151 Å². The number of carbonyl (C=O) groups is 2. The smallest absolute Gasteiger partial charge is 0.407 e. The van der Waals surface area contributed by atoms with Crippen molar-refractivity contribution in [3.05, 3.63) is 12.2 Å². The molecule has 1 amide bonds. The van der Waals surface area contributed by atoms with Gasteiger partial charge >= 0.3 is 6.09 Å². The van der Waals surface area contributed by atoms with Crippen molar-refractivity contribution in [1.82, 2.24) is 5.32 Å². The van der Waals surface area contributed by atoms with Crippen LogP contribution in [0, 0.1) is 23.7 Å². The van der Waals surface area contributed by atoms with Gasteiger partial charge in [0.25, 0.3) is 0 Å². The molecule has 2 unspecified atom stereocenters. The molecule has 132 valence electrons. The normalized spacial score (nSPS) is 15.1. The maximum atomic E-state index is 11.9. The third-order valence-electron chi connectivity index (χ3n) is 2.62. The largest absolute Gasteiger partial charge is 0.453 e. The summed E-state index contributed by atoms with van der Waals surface area (Å²) in [6.45, 7) is 2.92. The number of carbonyl (C=O) groups excluding carboxylic acids is 2. The van der Waals surface area contributed by atoms with E-state index in [2.05, 4.69) is 45.4 Å². The summed E-state index contributed by atoms with van der Waals surface area (Å²) >= 11 is 3.99. The maximum Gasteiger partial charge on any atom is 0.407 e. The molecule has 2 N–H and O–H groups in total. The quantitative estimate of drug-likeness (QED) is 0.284. The first kappa shape index (κ1) is 22.4. The van der Waals surface area contributed by atoms with Gasteiger partial charge in [-0.05, 0) is 26.0 Å². The van der Waals surface area contributed by atoms with Crippen LogP contribution in [0.15, 0.2) is 12.2 Å². The lowest BCUT2D eigenvalue weighted by Crippen LogP contribution is -2.41. The number of aliphatic hydroxyl groups is 1. The number of ether oxygens (including phenoxy) is 2. The third kappa shape index (κ3) is 10.2. The summed E-state index contributed by atoms with van der Waals surface area (Å²) in [4.78, 5) is 23.0. The Kier molecular flexibility index (Phi) is 11.1. The molecule has 0 aromatic heterocycles. The Hall–Kier alpha value is -1.58. The van der Waals surface area contributed by atoms with E-state index in [0.717, 1.165) is 0 Å². The minimum absolute atomic E-state index is 0.229. The predicted molar refractivity (Wildman–Crippen MR) is 97.3 cm³/mol. The molecule has 0 aromatic carbocycles. The molecule has 0 saturated carbocycles. The van der Waals surface area contributed by atoms with Crippen molar-refractivity contribution in [2.75, 3.05) is 14.2 Å². The number of methoxy groups -OCH3 is 2. The number of amides is 1. The van der Waals surface area contributed by atoms with Gasteiger partial charge in [-0.2, -0.15) is 0 Å². The topological polar surface area (TPSA) is 84.9 Å². The lowest BCUT2D eigenvalue weighted by molar-refractivity contribution is -0.123. The number of rotatable bonds is 6. The van der Waals surface area contributed by atoms with E-state index >= 15 is 0 Å². The lowest BCUT2D eigenvalue weighted by Gasteiger charge is -2.18. The Morgan fingerprint density at radius 3 is 2.54 bits per heavy atom. The number of nitrogens with one attached hydrogen (secondary N) is 1. The number of alkyl carbamates (subject to hydrolysis) is 1. The van der Waals surface area contributed by atoms with Crippen molar-refractivity contribution in [3.8, 4) is 23.7 Å². The standard InChI is InChI=1S/C16H21NO5S2/c1-12(17-15(19)22-4)13(18)11-16(2,20)10-8-6-5-7-9-14(21-3)24-23/h5-6,12,14,20,23H,11H2,1-4H3,(H,17,19)/b6-5-/t12?,14?,16-/m0/s1. The summed E-state index contributed by atoms with van der Waals surface area (Å²) < 4.78 is 9.40. The highest BCUT2D eigenvalue weighted by Crippen LogP contribution is 2.13. The molecular weight excluding hydrogens is 350 g/mol. The zero-order chi connectivity index (χ0) is 18.6. The molecule has 24 heavy (non-hydrogen) atoms. The van der Waals surface area contributed by atoms with Gasteiger partial charge in [-0.3, -0.25) is 4.79 Å².